The van der Waals surface area contributed by atoms with Crippen LogP contribution in [0.15, 0.2) is 42.6 Å². The molecule has 1 amide bonds. The standard InChI is InChI=1S/C18H20N4O/c1-12(2)10-19-18(23)15-11-20-22(13(15)3)17-9-8-14-6-4-5-7-16(14)21-17/h4-9,11-12H,10H2,1-3H3,(H,19,23). The van der Waals surface area contributed by atoms with Crippen molar-refractivity contribution in [3.63, 3.8) is 0 Å². The molecule has 1 N–H and O–H groups in total. The lowest BCUT2D eigenvalue weighted by Gasteiger charge is -2.08. The number of rotatable bonds is 4. The Hall–Kier alpha value is -2.69. The van der Waals surface area contributed by atoms with Gasteiger partial charge in [0, 0.05) is 11.9 Å². The van der Waals surface area contributed by atoms with Crippen molar-refractivity contribution in [3.05, 3.63) is 53.9 Å². The van der Waals surface area contributed by atoms with Crippen molar-refractivity contribution >= 4 is 16.8 Å². The van der Waals surface area contributed by atoms with Crippen molar-refractivity contribution in [2.24, 2.45) is 5.92 Å². The molecule has 2 aromatic heterocycles. The molecule has 0 fully saturated rings. The highest BCUT2D eigenvalue weighted by Gasteiger charge is 2.15. The predicted molar refractivity (Wildman–Crippen MR) is 90.8 cm³/mol. The zero-order valence-corrected chi connectivity index (χ0v) is 13.6. The second-order valence-corrected chi connectivity index (χ2v) is 6.02. The van der Waals surface area contributed by atoms with Gasteiger partial charge in [0.15, 0.2) is 5.82 Å². The molecule has 0 aliphatic rings. The van der Waals surface area contributed by atoms with Gasteiger partial charge in [-0.05, 0) is 31.0 Å². The maximum atomic E-state index is 12.2. The van der Waals surface area contributed by atoms with Gasteiger partial charge in [0.2, 0.25) is 0 Å². The molecule has 3 aromatic rings. The summed E-state index contributed by atoms with van der Waals surface area (Å²) in [6.45, 7) is 6.66. The van der Waals surface area contributed by atoms with E-state index in [0.717, 1.165) is 16.6 Å². The zero-order valence-electron chi connectivity index (χ0n) is 13.6. The second kappa shape index (κ2) is 6.20. The number of hydrogen-bond acceptors (Lipinski definition) is 3. The van der Waals surface area contributed by atoms with Gasteiger partial charge < -0.3 is 5.32 Å². The summed E-state index contributed by atoms with van der Waals surface area (Å²) in [5, 5.41) is 8.33. The van der Waals surface area contributed by atoms with Crippen LogP contribution in [0.2, 0.25) is 0 Å². The van der Waals surface area contributed by atoms with Gasteiger partial charge in [-0.3, -0.25) is 4.79 Å². The molecule has 5 nitrogen and oxygen atoms in total. The molecule has 0 saturated heterocycles. The van der Waals surface area contributed by atoms with Crippen LogP contribution < -0.4 is 5.32 Å². The predicted octanol–water partition coefficient (Wildman–Crippen LogP) is 3.11. The van der Waals surface area contributed by atoms with E-state index < -0.39 is 0 Å². The average molecular weight is 308 g/mol. The molecule has 0 atom stereocenters. The van der Waals surface area contributed by atoms with Crippen molar-refractivity contribution in [1.82, 2.24) is 20.1 Å². The third kappa shape index (κ3) is 3.08. The van der Waals surface area contributed by atoms with Gasteiger partial charge in [0.05, 0.1) is 23.0 Å². The number of benzene rings is 1. The number of aromatic nitrogens is 3. The fraction of sp³-hybridized carbons (Fsp3) is 0.278. The Labute approximate surface area is 135 Å². The fourth-order valence-electron chi connectivity index (χ4n) is 2.43. The molecule has 0 aliphatic heterocycles. The van der Waals surface area contributed by atoms with Crippen molar-refractivity contribution < 1.29 is 4.79 Å². The Balaban J connectivity index is 1.92. The van der Waals surface area contributed by atoms with Crippen LogP contribution >= 0.6 is 0 Å². The second-order valence-electron chi connectivity index (χ2n) is 6.02. The van der Waals surface area contributed by atoms with Gasteiger partial charge >= 0.3 is 0 Å². The number of hydrogen-bond donors (Lipinski definition) is 1. The van der Waals surface area contributed by atoms with Crippen LogP contribution in [-0.4, -0.2) is 27.2 Å². The number of carbonyl (C=O) groups excluding carboxylic acids is 1. The average Bonchev–Trinajstić information content (AvgIpc) is 2.93. The van der Waals surface area contributed by atoms with Crippen LogP contribution in [0, 0.1) is 12.8 Å². The topological polar surface area (TPSA) is 59.8 Å². The molecular weight excluding hydrogens is 288 g/mol. The highest BCUT2D eigenvalue weighted by molar-refractivity contribution is 5.95. The van der Waals surface area contributed by atoms with Gasteiger partial charge in [-0.1, -0.05) is 32.0 Å². The molecule has 0 saturated carbocycles. The molecule has 5 heteroatoms. The van der Waals surface area contributed by atoms with Gasteiger partial charge in [-0.2, -0.15) is 5.10 Å². The smallest absolute Gasteiger partial charge is 0.254 e. The van der Waals surface area contributed by atoms with Crippen LogP contribution in [0.3, 0.4) is 0 Å². The molecule has 0 spiro atoms. The maximum absolute atomic E-state index is 12.2. The number of nitrogens with zero attached hydrogens (tertiary/aromatic N) is 3. The van der Waals surface area contributed by atoms with Crippen LogP contribution in [0.1, 0.15) is 29.9 Å². The Bertz CT molecular complexity index is 851. The lowest BCUT2D eigenvalue weighted by atomic mass is 10.2. The molecule has 118 valence electrons. The summed E-state index contributed by atoms with van der Waals surface area (Å²) in [6.07, 6.45) is 1.60. The Morgan fingerprint density at radius 1 is 1.22 bits per heavy atom. The van der Waals surface area contributed by atoms with E-state index >= 15 is 0 Å². The molecule has 0 radical (unpaired) electrons. The fourth-order valence-corrected chi connectivity index (χ4v) is 2.43. The van der Waals surface area contributed by atoms with Crippen molar-refractivity contribution in [2.45, 2.75) is 20.8 Å². The summed E-state index contributed by atoms with van der Waals surface area (Å²) < 4.78 is 1.71. The molecule has 0 aliphatic carbocycles. The molecule has 23 heavy (non-hydrogen) atoms. The summed E-state index contributed by atoms with van der Waals surface area (Å²) in [6, 6.07) is 11.9. The highest BCUT2D eigenvalue weighted by Crippen LogP contribution is 2.17. The zero-order chi connectivity index (χ0) is 16.4. The summed E-state index contributed by atoms with van der Waals surface area (Å²) >= 11 is 0. The van der Waals surface area contributed by atoms with Crippen molar-refractivity contribution in [3.8, 4) is 5.82 Å². The summed E-state index contributed by atoms with van der Waals surface area (Å²) in [4.78, 5) is 16.9. The Morgan fingerprint density at radius 3 is 2.78 bits per heavy atom. The lowest BCUT2D eigenvalue weighted by Crippen LogP contribution is -2.27. The van der Waals surface area contributed by atoms with E-state index in [9.17, 15) is 4.79 Å². The summed E-state index contributed by atoms with van der Waals surface area (Å²) in [5.41, 5.74) is 2.28. The lowest BCUT2D eigenvalue weighted by molar-refractivity contribution is 0.0948. The number of pyridine rings is 1. The number of nitrogens with one attached hydrogen (secondary N) is 1. The van der Waals surface area contributed by atoms with E-state index in [4.69, 9.17) is 0 Å². The van der Waals surface area contributed by atoms with Crippen LogP contribution in [0.5, 0.6) is 0 Å². The van der Waals surface area contributed by atoms with Crippen molar-refractivity contribution in [2.75, 3.05) is 6.54 Å². The summed E-state index contributed by atoms with van der Waals surface area (Å²) in [7, 11) is 0. The minimum atomic E-state index is -0.0942. The monoisotopic (exact) mass is 308 g/mol. The van der Waals surface area contributed by atoms with Crippen LogP contribution in [0.25, 0.3) is 16.7 Å². The SMILES string of the molecule is Cc1c(C(=O)NCC(C)C)cnn1-c1ccc2ccccc2n1. The van der Waals surface area contributed by atoms with E-state index in [2.05, 4.69) is 29.2 Å². The molecule has 0 bridgehead atoms. The first-order valence-electron chi connectivity index (χ1n) is 7.75. The Morgan fingerprint density at radius 2 is 2.00 bits per heavy atom. The molecule has 1 aromatic carbocycles. The normalized spacial score (nSPS) is 11.1. The minimum Gasteiger partial charge on any atom is -0.352 e. The van der Waals surface area contributed by atoms with E-state index in [0.29, 0.717) is 23.8 Å². The first kappa shape index (κ1) is 15.2. The molecule has 3 rings (SSSR count). The molecular formula is C18H20N4O. The van der Waals surface area contributed by atoms with E-state index in [1.165, 1.54) is 0 Å². The largest absolute Gasteiger partial charge is 0.352 e. The highest BCUT2D eigenvalue weighted by atomic mass is 16.1. The van der Waals surface area contributed by atoms with Gasteiger partial charge in [0.1, 0.15) is 0 Å². The van der Waals surface area contributed by atoms with Crippen LogP contribution in [0.4, 0.5) is 0 Å². The van der Waals surface area contributed by atoms with Crippen LogP contribution in [-0.2, 0) is 0 Å². The molecule has 0 unspecified atom stereocenters. The number of fused-ring (bicyclic) bond motifs is 1. The third-order valence-corrected chi connectivity index (χ3v) is 3.73. The van der Waals surface area contributed by atoms with Gasteiger partial charge in [0.25, 0.3) is 5.91 Å². The third-order valence-electron chi connectivity index (χ3n) is 3.73. The van der Waals surface area contributed by atoms with E-state index in [1.54, 1.807) is 10.9 Å². The minimum absolute atomic E-state index is 0.0942. The quantitative estimate of drug-likeness (QED) is 0.805. The molecule has 2 heterocycles. The maximum Gasteiger partial charge on any atom is 0.254 e. The van der Waals surface area contributed by atoms with E-state index in [1.807, 2.05) is 43.3 Å². The number of para-hydroxylation sites is 1. The van der Waals surface area contributed by atoms with Crippen molar-refractivity contribution in [1.29, 1.82) is 0 Å². The van der Waals surface area contributed by atoms with E-state index in [-0.39, 0.29) is 5.91 Å². The van der Waals surface area contributed by atoms with Gasteiger partial charge in [-0.15, -0.1) is 0 Å². The van der Waals surface area contributed by atoms with Gasteiger partial charge in [-0.25, -0.2) is 9.67 Å². The Kier molecular flexibility index (Phi) is 4.10. The summed E-state index contributed by atoms with van der Waals surface area (Å²) in [5.74, 6) is 1.03. The number of carbonyl (C=O) groups is 1. The first-order chi connectivity index (χ1) is 11.1. The number of amides is 1. The first-order valence-corrected chi connectivity index (χ1v) is 7.75.